The number of benzene rings is 2. The van der Waals surface area contributed by atoms with Crippen LogP contribution in [0, 0.1) is 0 Å². The summed E-state index contributed by atoms with van der Waals surface area (Å²) >= 11 is 0. The number of nitrogens with one attached hydrogen (secondary N) is 1. The van der Waals surface area contributed by atoms with Crippen molar-refractivity contribution in [2.45, 2.75) is 32.2 Å². The molecule has 0 saturated carbocycles. The second-order valence-electron chi connectivity index (χ2n) is 5.40. The summed E-state index contributed by atoms with van der Waals surface area (Å²) in [5.74, 6) is 0.837. The Kier molecular flexibility index (Phi) is 6.49. The van der Waals surface area contributed by atoms with Gasteiger partial charge in [0, 0.05) is 6.04 Å². The van der Waals surface area contributed by atoms with Crippen LogP contribution in [0.3, 0.4) is 0 Å². The molecule has 0 spiro atoms. The van der Waals surface area contributed by atoms with Crippen molar-refractivity contribution >= 4 is 5.91 Å². The number of carbonyl (C=O) groups excluding carboxylic acids is 1. The fourth-order valence-electron chi connectivity index (χ4n) is 2.23. The van der Waals surface area contributed by atoms with Crippen LogP contribution in [0.5, 0.6) is 5.75 Å². The van der Waals surface area contributed by atoms with E-state index < -0.39 is 0 Å². The molecule has 1 N–H and O–H groups in total. The molecule has 0 aliphatic rings. The van der Waals surface area contributed by atoms with E-state index in [1.807, 2.05) is 55.5 Å². The molecule has 0 aliphatic carbocycles. The molecule has 1 atom stereocenters. The predicted molar refractivity (Wildman–Crippen MR) is 88.9 cm³/mol. The summed E-state index contributed by atoms with van der Waals surface area (Å²) in [7, 11) is 0. The van der Waals surface area contributed by atoms with Crippen LogP contribution in [0.1, 0.15) is 25.3 Å². The Balaban J connectivity index is 1.62. The highest BCUT2D eigenvalue weighted by molar-refractivity contribution is 5.76. The molecule has 0 bridgehead atoms. The Labute approximate surface area is 132 Å². The Morgan fingerprint density at radius 2 is 1.68 bits per heavy atom. The molecule has 2 aromatic rings. The van der Waals surface area contributed by atoms with Gasteiger partial charge in [-0.25, -0.2) is 0 Å². The lowest BCUT2D eigenvalue weighted by Gasteiger charge is -2.14. The predicted octanol–water partition coefficient (Wildman–Crippen LogP) is 3.59. The molecular formula is C19H23NO2. The zero-order chi connectivity index (χ0) is 15.6. The molecule has 3 heteroatoms. The van der Waals surface area contributed by atoms with E-state index in [1.54, 1.807) is 0 Å². The Hall–Kier alpha value is -2.29. The van der Waals surface area contributed by atoms with Crippen LogP contribution in [0.4, 0.5) is 0 Å². The van der Waals surface area contributed by atoms with Crippen molar-refractivity contribution in [1.82, 2.24) is 5.32 Å². The average molecular weight is 297 g/mol. The monoisotopic (exact) mass is 297 g/mol. The van der Waals surface area contributed by atoms with Crippen molar-refractivity contribution in [2.75, 3.05) is 6.61 Å². The largest absolute Gasteiger partial charge is 0.493 e. The minimum Gasteiger partial charge on any atom is -0.493 e. The van der Waals surface area contributed by atoms with Crippen molar-refractivity contribution in [2.24, 2.45) is 0 Å². The topological polar surface area (TPSA) is 38.3 Å². The zero-order valence-electron chi connectivity index (χ0n) is 13.0. The Morgan fingerprint density at radius 1 is 1.05 bits per heavy atom. The van der Waals surface area contributed by atoms with Crippen LogP contribution in [-0.2, 0) is 11.2 Å². The first kappa shape index (κ1) is 16.1. The number of para-hydroxylation sites is 1. The molecule has 3 nitrogen and oxygen atoms in total. The van der Waals surface area contributed by atoms with Crippen molar-refractivity contribution in [3.8, 4) is 5.75 Å². The summed E-state index contributed by atoms with van der Waals surface area (Å²) in [6.45, 7) is 2.44. The maximum absolute atomic E-state index is 11.9. The van der Waals surface area contributed by atoms with Gasteiger partial charge < -0.3 is 10.1 Å². The van der Waals surface area contributed by atoms with Gasteiger partial charge in [-0.1, -0.05) is 48.5 Å². The Morgan fingerprint density at radius 3 is 2.36 bits per heavy atom. The quantitative estimate of drug-likeness (QED) is 0.808. The number of ether oxygens (including phenoxy) is 1. The number of aryl methyl sites for hydroxylation is 1. The third-order valence-electron chi connectivity index (χ3n) is 3.46. The number of amides is 1. The molecule has 0 heterocycles. The first-order valence-electron chi connectivity index (χ1n) is 7.75. The highest BCUT2D eigenvalue weighted by Gasteiger charge is 2.07. The SMILES string of the molecule is C[C@@H](CCc1ccccc1)NC(=O)CCOc1ccccc1. The van der Waals surface area contributed by atoms with Crippen LogP contribution < -0.4 is 10.1 Å². The van der Waals surface area contributed by atoms with E-state index in [-0.39, 0.29) is 11.9 Å². The van der Waals surface area contributed by atoms with Gasteiger partial charge in [0.2, 0.25) is 5.91 Å². The van der Waals surface area contributed by atoms with E-state index in [4.69, 9.17) is 4.74 Å². The molecule has 0 saturated heterocycles. The first-order valence-corrected chi connectivity index (χ1v) is 7.75. The highest BCUT2D eigenvalue weighted by Crippen LogP contribution is 2.08. The summed E-state index contributed by atoms with van der Waals surface area (Å²) < 4.78 is 5.53. The smallest absolute Gasteiger partial charge is 0.223 e. The zero-order valence-corrected chi connectivity index (χ0v) is 13.0. The number of hydrogen-bond donors (Lipinski definition) is 1. The molecule has 0 unspecified atom stereocenters. The van der Waals surface area contributed by atoms with Gasteiger partial charge >= 0.3 is 0 Å². The molecule has 0 radical (unpaired) electrons. The fourth-order valence-corrected chi connectivity index (χ4v) is 2.23. The minimum absolute atomic E-state index is 0.0384. The summed E-state index contributed by atoms with van der Waals surface area (Å²) in [5.41, 5.74) is 1.30. The fraction of sp³-hybridized carbons (Fsp3) is 0.316. The molecule has 2 aromatic carbocycles. The summed E-state index contributed by atoms with van der Waals surface area (Å²) in [4.78, 5) is 11.9. The first-order chi connectivity index (χ1) is 10.7. The third kappa shape index (κ3) is 6.00. The van der Waals surface area contributed by atoms with E-state index in [9.17, 15) is 4.79 Å². The van der Waals surface area contributed by atoms with Gasteiger partial charge in [-0.05, 0) is 37.5 Å². The normalized spacial score (nSPS) is 11.7. The van der Waals surface area contributed by atoms with Gasteiger partial charge in [-0.3, -0.25) is 4.79 Å². The second-order valence-corrected chi connectivity index (χ2v) is 5.40. The number of hydrogen-bond acceptors (Lipinski definition) is 2. The van der Waals surface area contributed by atoms with Crippen LogP contribution in [0.25, 0.3) is 0 Å². The lowest BCUT2D eigenvalue weighted by Crippen LogP contribution is -2.33. The lowest BCUT2D eigenvalue weighted by atomic mass is 10.1. The van der Waals surface area contributed by atoms with Gasteiger partial charge in [0.1, 0.15) is 5.75 Å². The number of rotatable bonds is 8. The molecule has 0 aromatic heterocycles. The van der Waals surface area contributed by atoms with E-state index >= 15 is 0 Å². The standard InChI is InChI=1S/C19H23NO2/c1-16(12-13-17-8-4-2-5-9-17)20-19(21)14-15-22-18-10-6-3-7-11-18/h2-11,16H,12-15H2,1H3,(H,20,21)/t16-/m0/s1. The molecule has 116 valence electrons. The minimum atomic E-state index is 0.0384. The van der Waals surface area contributed by atoms with E-state index in [2.05, 4.69) is 17.4 Å². The van der Waals surface area contributed by atoms with Crippen molar-refractivity contribution in [3.63, 3.8) is 0 Å². The lowest BCUT2D eigenvalue weighted by molar-refractivity contribution is -0.122. The average Bonchev–Trinajstić information content (AvgIpc) is 2.55. The number of carbonyl (C=O) groups is 1. The molecule has 1 amide bonds. The van der Waals surface area contributed by atoms with E-state index in [0.717, 1.165) is 18.6 Å². The van der Waals surface area contributed by atoms with Crippen molar-refractivity contribution in [3.05, 3.63) is 66.2 Å². The van der Waals surface area contributed by atoms with Gasteiger partial charge in [0.15, 0.2) is 0 Å². The molecular weight excluding hydrogens is 274 g/mol. The molecule has 0 aliphatic heterocycles. The maximum Gasteiger partial charge on any atom is 0.223 e. The molecule has 2 rings (SSSR count). The van der Waals surface area contributed by atoms with Crippen LogP contribution in [0.2, 0.25) is 0 Å². The van der Waals surface area contributed by atoms with Crippen molar-refractivity contribution < 1.29 is 9.53 Å². The summed E-state index contributed by atoms with van der Waals surface area (Å²) in [6, 6.07) is 20.0. The van der Waals surface area contributed by atoms with Crippen LogP contribution in [0.15, 0.2) is 60.7 Å². The Bertz CT molecular complexity index is 554. The van der Waals surface area contributed by atoms with Gasteiger partial charge in [-0.15, -0.1) is 0 Å². The van der Waals surface area contributed by atoms with Gasteiger partial charge in [0.05, 0.1) is 13.0 Å². The van der Waals surface area contributed by atoms with Gasteiger partial charge in [0.25, 0.3) is 0 Å². The molecule has 0 fully saturated rings. The maximum atomic E-state index is 11.9. The highest BCUT2D eigenvalue weighted by atomic mass is 16.5. The van der Waals surface area contributed by atoms with Crippen molar-refractivity contribution in [1.29, 1.82) is 0 Å². The van der Waals surface area contributed by atoms with Crippen LogP contribution >= 0.6 is 0 Å². The van der Waals surface area contributed by atoms with E-state index in [1.165, 1.54) is 5.56 Å². The molecule has 22 heavy (non-hydrogen) atoms. The van der Waals surface area contributed by atoms with Crippen LogP contribution in [-0.4, -0.2) is 18.6 Å². The van der Waals surface area contributed by atoms with Gasteiger partial charge in [-0.2, -0.15) is 0 Å². The van der Waals surface area contributed by atoms with E-state index in [0.29, 0.717) is 13.0 Å². The second kappa shape index (κ2) is 8.88. The summed E-state index contributed by atoms with van der Waals surface area (Å²) in [6.07, 6.45) is 2.29. The summed E-state index contributed by atoms with van der Waals surface area (Å²) in [5, 5.41) is 3.02. The third-order valence-corrected chi connectivity index (χ3v) is 3.46.